The first-order valence-electron chi connectivity index (χ1n) is 12.2. The molecule has 5 aliphatic heterocycles. The van der Waals surface area contributed by atoms with Crippen LogP contribution in [0.4, 0.5) is 5.69 Å². The van der Waals surface area contributed by atoms with E-state index in [1.165, 1.54) is 11.3 Å². The zero-order valence-corrected chi connectivity index (χ0v) is 18.9. The quantitative estimate of drug-likeness (QED) is 0.598. The molecule has 0 radical (unpaired) electrons. The molecule has 5 bridgehead atoms. The maximum Gasteiger partial charge on any atom is 0.194 e. The van der Waals surface area contributed by atoms with E-state index in [0.29, 0.717) is 30.2 Å². The molecule has 170 valence electrons. The summed E-state index contributed by atoms with van der Waals surface area (Å²) in [5.74, 6) is 0.731. The molecule has 1 saturated carbocycles. The van der Waals surface area contributed by atoms with E-state index >= 15 is 0 Å². The Hall–Kier alpha value is -1.18. The first-order valence-corrected chi connectivity index (χ1v) is 12.2. The van der Waals surface area contributed by atoms with Crippen LogP contribution in [0.5, 0.6) is 0 Å². The van der Waals surface area contributed by atoms with Gasteiger partial charge in [-0.3, -0.25) is 4.48 Å². The van der Waals surface area contributed by atoms with E-state index in [9.17, 15) is 15.3 Å². The van der Waals surface area contributed by atoms with Gasteiger partial charge in [0.1, 0.15) is 18.7 Å². The van der Waals surface area contributed by atoms with Crippen molar-refractivity contribution in [1.29, 1.82) is 0 Å². The molecule has 1 aromatic carbocycles. The molecule has 3 N–H and O–H groups in total. The highest BCUT2D eigenvalue weighted by Gasteiger charge is 2.83. The van der Waals surface area contributed by atoms with E-state index in [0.717, 1.165) is 19.3 Å². The Balaban J connectivity index is 1.52. The minimum Gasteiger partial charge on any atom is -0.392 e. The highest BCUT2D eigenvalue weighted by molar-refractivity contribution is 5.66. The second-order valence-corrected chi connectivity index (χ2v) is 10.9. The van der Waals surface area contributed by atoms with Gasteiger partial charge in [0.05, 0.1) is 30.2 Å². The number of hydrogen-bond donors (Lipinski definition) is 3. The molecule has 5 heterocycles. The van der Waals surface area contributed by atoms with Gasteiger partial charge in [-0.05, 0) is 30.9 Å². The van der Waals surface area contributed by atoms with Crippen LogP contribution in [0.3, 0.4) is 0 Å². The Bertz CT molecular complexity index is 881. The molecule has 4 saturated heterocycles. The van der Waals surface area contributed by atoms with E-state index in [-0.39, 0.29) is 35.4 Å². The number of hydrogen-bond acceptors (Lipinski definition) is 5. The van der Waals surface area contributed by atoms with Gasteiger partial charge >= 0.3 is 0 Å². The normalized spacial score (nSPS) is 49.4. The number of piperidine rings is 4. The molecule has 31 heavy (non-hydrogen) atoms. The van der Waals surface area contributed by atoms with Crippen molar-refractivity contribution in [1.82, 2.24) is 0 Å². The number of para-hydroxylation sites is 1. The second-order valence-electron chi connectivity index (χ2n) is 10.9. The Labute approximate surface area is 185 Å². The smallest absolute Gasteiger partial charge is 0.194 e. The van der Waals surface area contributed by atoms with Crippen LogP contribution in [0.1, 0.15) is 38.7 Å². The van der Waals surface area contributed by atoms with Crippen LogP contribution in [0.15, 0.2) is 24.3 Å². The van der Waals surface area contributed by atoms with Gasteiger partial charge < -0.3 is 25.0 Å². The highest BCUT2D eigenvalue weighted by Crippen LogP contribution is 2.71. The average Bonchev–Trinajstić information content (AvgIpc) is 3.15. The number of quaternary nitrogens is 1. The van der Waals surface area contributed by atoms with Crippen LogP contribution in [-0.2, 0) is 10.2 Å². The summed E-state index contributed by atoms with van der Waals surface area (Å²) in [7, 11) is 2.17. The Kier molecular flexibility index (Phi) is 4.40. The molecule has 1 spiro atoms. The molecule has 5 unspecified atom stereocenters. The van der Waals surface area contributed by atoms with Gasteiger partial charge in [0, 0.05) is 44.0 Å². The van der Waals surface area contributed by atoms with Crippen molar-refractivity contribution in [2.45, 2.75) is 75.1 Å². The van der Waals surface area contributed by atoms with Gasteiger partial charge in [-0.1, -0.05) is 25.1 Å². The van der Waals surface area contributed by atoms with Gasteiger partial charge in [0.15, 0.2) is 6.23 Å². The lowest BCUT2D eigenvalue weighted by Gasteiger charge is -2.68. The summed E-state index contributed by atoms with van der Waals surface area (Å²) in [6.07, 6.45) is 1.36. The Morgan fingerprint density at radius 2 is 2.00 bits per heavy atom. The summed E-state index contributed by atoms with van der Waals surface area (Å²) < 4.78 is 6.12. The number of aliphatic hydroxyl groups is 3. The van der Waals surface area contributed by atoms with Crippen molar-refractivity contribution in [3.63, 3.8) is 0 Å². The summed E-state index contributed by atoms with van der Waals surface area (Å²) in [4.78, 5) is 2.39. The number of likely N-dealkylation sites (N-methyl/N-ethyl adjacent to an activating group) is 1. The standard InChI is InChI=1S/C25H37N2O4/c1-4-15-16-10-19-22-25(17-8-6-7-9-18(17)26(22)3)11-20(21(16)23(25)29)27(19,24(15)30)12-14(28)13-31-5-2/h6-9,14-16,19-24,28-30H,4-5,10-13H2,1-3H3/q+1/t14?,15-,16?,19-,20-,21?,22-,23+,24+,25?,27?/m0/s1. The number of rotatable bonds is 6. The van der Waals surface area contributed by atoms with E-state index in [1.54, 1.807) is 0 Å². The average molecular weight is 430 g/mol. The summed E-state index contributed by atoms with van der Waals surface area (Å²) in [6.45, 7) is 5.52. The van der Waals surface area contributed by atoms with Gasteiger partial charge in [-0.2, -0.15) is 0 Å². The molecule has 6 heteroatoms. The third-order valence-corrected chi connectivity index (χ3v) is 10.2. The number of aliphatic hydroxyl groups excluding tert-OH is 3. The molecule has 6 nitrogen and oxygen atoms in total. The van der Waals surface area contributed by atoms with Crippen LogP contribution in [-0.4, -0.2) is 83.2 Å². The van der Waals surface area contributed by atoms with Crippen LogP contribution in [0.25, 0.3) is 0 Å². The van der Waals surface area contributed by atoms with E-state index in [1.807, 2.05) is 6.92 Å². The van der Waals surface area contributed by atoms with Crippen LogP contribution in [0.2, 0.25) is 0 Å². The minimum atomic E-state index is -0.607. The highest BCUT2D eigenvalue weighted by atomic mass is 16.5. The Morgan fingerprint density at radius 1 is 1.23 bits per heavy atom. The van der Waals surface area contributed by atoms with Gasteiger partial charge in [-0.25, -0.2) is 0 Å². The van der Waals surface area contributed by atoms with Crippen LogP contribution < -0.4 is 4.90 Å². The van der Waals surface area contributed by atoms with Crippen molar-refractivity contribution in [3.8, 4) is 0 Å². The fraction of sp³-hybridized carbons (Fsp3) is 0.760. The number of fused-ring (bicyclic) bond motifs is 2. The molecule has 1 aromatic rings. The molecule has 0 amide bonds. The Morgan fingerprint density at radius 3 is 2.74 bits per heavy atom. The summed E-state index contributed by atoms with van der Waals surface area (Å²) >= 11 is 0. The van der Waals surface area contributed by atoms with E-state index < -0.39 is 18.4 Å². The van der Waals surface area contributed by atoms with E-state index in [2.05, 4.69) is 43.1 Å². The lowest BCUT2D eigenvalue weighted by Crippen LogP contribution is -2.83. The predicted octanol–water partition coefficient (Wildman–Crippen LogP) is 1.47. The molecule has 6 aliphatic rings. The SMILES string of the molecule is CCOCC(O)C[N+]12[C@H](O)[C@@H](CC)C3C[C@H]1[C@@H]1N(C)c4ccccc4C14C[C@H]2C3[C@H]4O. The zero-order valence-electron chi connectivity index (χ0n) is 18.9. The molecule has 5 fully saturated rings. The van der Waals surface area contributed by atoms with Crippen molar-refractivity contribution in [2.24, 2.45) is 17.8 Å². The monoisotopic (exact) mass is 429 g/mol. The predicted molar refractivity (Wildman–Crippen MR) is 118 cm³/mol. The van der Waals surface area contributed by atoms with Crippen molar-refractivity contribution < 1.29 is 24.5 Å². The lowest BCUT2D eigenvalue weighted by molar-refractivity contribution is -1.04. The molecule has 1 aliphatic carbocycles. The van der Waals surface area contributed by atoms with E-state index in [4.69, 9.17) is 4.74 Å². The van der Waals surface area contributed by atoms with Crippen molar-refractivity contribution in [2.75, 3.05) is 31.7 Å². The third-order valence-electron chi connectivity index (χ3n) is 10.2. The second kappa shape index (κ2) is 6.67. The number of ether oxygens (including phenoxy) is 1. The fourth-order valence-corrected chi connectivity index (χ4v) is 9.43. The first-order chi connectivity index (χ1) is 14.9. The van der Waals surface area contributed by atoms with Gasteiger partial charge in [-0.15, -0.1) is 0 Å². The number of anilines is 1. The maximum atomic E-state index is 12.0. The van der Waals surface area contributed by atoms with Gasteiger partial charge in [0.25, 0.3) is 0 Å². The molecule has 7 rings (SSSR count). The van der Waals surface area contributed by atoms with Crippen molar-refractivity contribution >= 4 is 5.69 Å². The lowest BCUT2D eigenvalue weighted by atomic mass is 9.60. The summed E-state index contributed by atoms with van der Waals surface area (Å²) in [5.41, 5.74) is 2.27. The zero-order chi connectivity index (χ0) is 21.7. The molecule has 11 atom stereocenters. The summed E-state index contributed by atoms with van der Waals surface area (Å²) in [5, 5.41) is 34.9. The topological polar surface area (TPSA) is 73.2 Å². The molecular weight excluding hydrogens is 392 g/mol. The molecular formula is C25H37N2O4+. The maximum absolute atomic E-state index is 12.0. The van der Waals surface area contributed by atoms with Crippen LogP contribution in [0, 0.1) is 17.8 Å². The first kappa shape index (κ1) is 20.4. The summed E-state index contributed by atoms with van der Waals surface area (Å²) in [6, 6.07) is 9.16. The fourth-order valence-electron chi connectivity index (χ4n) is 9.43. The molecule has 0 aromatic heterocycles. The largest absolute Gasteiger partial charge is 0.392 e. The van der Waals surface area contributed by atoms with Gasteiger partial charge in [0.2, 0.25) is 0 Å². The van der Waals surface area contributed by atoms with Crippen molar-refractivity contribution in [3.05, 3.63) is 29.8 Å². The number of nitrogens with zero attached hydrogens (tertiary/aromatic N) is 2. The van der Waals surface area contributed by atoms with Crippen LogP contribution >= 0.6 is 0 Å². The third kappa shape index (κ3) is 2.17. The number of benzene rings is 1. The minimum absolute atomic E-state index is 0.151.